The van der Waals surface area contributed by atoms with Gasteiger partial charge in [-0.2, -0.15) is 0 Å². The molecule has 2 heterocycles. The number of aliphatic hydroxyl groups excluding tert-OH is 1. The second kappa shape index (κ2) is 6.39. The molecule has 2 rings (SSSR count). The smallest absolute Gasteiger partial charge is 0.160 e. The van der Waals surface area contributed by atoms with Crippen molar-refractivity contribution < 1.29 is 14.6 Å². The number of thiophene rings is 1. The standard InChI is InChI=1S/C13H13NO3S/c15-5-11-9-18-13(6-16)12(11)8-17-7-10-1-3-14-4-2-10/h1-4,6,9,15H,5,7-8H2. The number of hydrogen-bond acceptors (Lipinski definition) is 5. The lowest BCUT2D eigenvalue weighted by Gasteiger charge is -2.05. The molecular weight excluding hydrogens is 250 g/mol. The topological polar surface area (TPSA) is 59.4 Å². The third-order valence-electron chi connectivity index (χ3n) is 2.56. The van der Waals surface area contributed by atoms with Crippen LogP contribution in [0, 0.1) is 0 Å². The van der Waals surface area contributed by atoms with Gasteiger partial charge in [-0.15, -0.1) is 11.3 Å². The molecule has 0 aromatic carbocycles. The molecular formula is C13H13NO3S. The van der Waals surface area contributed by atoms with Crippen molar-refractivity contribution in [2.45, 2.75) is 19.8 Å². The van der Waals surface area contributed by atoms with E-state index in [-0.39, 0.29) is 6.61 Å². The van der Waals surface area contributed by atoms with E-state index in [2.05, 4.69) is 4.98 Å². The zero-order valence-corrected chi connectivity index (χ0v) is 10.5. The van der Waals surface area contributed by atoms with Gasteiger partial charge in [0, 0.05) is 18.0 Å². The number of hydrogen-bond donors (Lipinski definition) is 1. The average Bonchev–Trinajstić information content (AvgIpc) is 2.82. The summed E-state index contributed by atoms with van der Waals surface area (Å²) in [7, 11) is 0. The maximum absolute atomic E-state index is 10.9. The first kappa shape index (κ1) is 12.9. The van der Waals surface area contributed by atoms with Crippen molar-refractivity contribution in [3.05, 3.63) is 51.5 Å². The fraction of sp³-hybridized carbons (Fsp3) is 0.231. The Kier molecular flexibility index (Phi) is 4.58. The first-order valence-corrected chi connectivity index (χ1v) is 6.35. The van der Waals surface area contributed by atoms with Crippen molar-refractivity contribution in [1.29, 1.82) is 0 Å². The van der Waals surface area contributed by atoms with E-state index in [0.29, 0.717) is 18.1 Å². The molecule has 0 aliphatic heterocycles. The first-order chi connectivity index (χ1) is 8.85. The third kappa shape index (κ3) is 3.01. The molecule has 2 aromatic rings. The fourth-order valence-electron chi connectivity index (χ4n) is 1.58. The number of pyridine rings is 1. The number of aromatic nitrogens is 1. The molecule has 0 spiro atoms. The summed E-state index contributed by atoms with van der Waals surface area (Å²) in [6.07, 6.45) is 4.22. The van der Waals surface area contributed by atoms with E-state index in [9.17, 15) is 9.90 Å². The molecule has 18 heavy (non-hydrogen) atoms. The molecule has 0 saturated heterocycles. The van der Waals surface area contributed by atoms with Gasteiger partial charge < -0.3 is 9.84 Å². The van der Waals surface area contributed by atoms with Crippen LogP contribution in [0.1, 0.15) is 26.4 Å². The molecule has 0 fully saturated rings. The molecule has 0 unspecified atom stereocenters. The van der Waals surface area contributed by atoms with Crippen molar-refractivity contribution in [1.82, 2.24) is 4.98 Å². The molecule has 94 valence electrons. The molecule has 0 aliphatic rings. The van der Waals surface area contributed by atoms with Crippen molar-refractivity contribution in [2.75, 3.05) is 0 Å². The Morgan fingerprint density at radius 1 is 1.33 bits per heavy atom. The van der Waals surface area contributed by atoms with Crippen LogP contribution in [0.2, 0.25) is 0 Å². The Morgan fingerprint density at radius 2 is 2.11 bits per heavy atom. The Morgan fingerprint density at radius 3 is 2.78 bits per heavy atom. The summed E-state index contributed by atoms with van der Waals surface area (Å²) in [5, 5.41) is 11.0. The Labute approximate surface area is 109 Å². The zero-order valence-electron chi connectivity index (χ0n) is 9.70. The lowest BCUT2D eigenvalue weighted by atomic mass is 10.2. The Balaban J connectivity index is 1.97. The van der Waals surface area contributed by atoms with E-state index in [1.165, 1.54) is 11.3 Å². The molecule has 5 heteroatoms. The monoisotopic (exact) mass is 263 g/mol. The average molecular weight is 263 g/mol. The van der Waals surface area contributed by atoms with Gasteiger partial charge in [-0.05, 0) is 28.6 Å². The summed E-state index contributed by atoms with van der Waals surface area (Å²) in [4.78, 5) is 15.4. The number of ether oxygens (including phenoxy) is 1. The maximum atomic E-state index is 10.9. The largest absolute Gasteiger partial charge is 0.392 e. The second-order valence-electron chi connectivity index (χ2n) is 3.73. The summed E-state index contributed by atoms with van der Waals surface area (Å²) in [6.45, 7) is 0.718. The lowest BCUT2D eigenvalue weighted by Crippen LogP contribution is -1.98. The number of aldehydes is 1. The van der Waals surface area contributed by atoms with Crippen LogP contribution < -0.4 is 0 Å². The zero-order chi connectivity index (χ0) is 12.8. The van der Waals surface area contributed by atoms with Crippen molar-refractivity contribution >= 4 is 17.6 Å². The van der Waals surface area contributed by atoms with Crippen molar-refractivity contribution in [2.24, 2.45) is 0 Å². The quantitative estimate of drug-likeness (QED) is 0.811. The molecule has 1 N–H and O–H groups in total. The van der Waals surface area contributed by atoms with Crippen LogP contribution in [0.15, 0.2) is 29.9 Å². The van der Waals surface area contributed by atoms with E-state index < -0.39 is 0 Å². The van der Waals surface area contributed by atoms with Gasteiger partial charge in [0.1, 0.15) is 0 Å². The summed E-state index contributed by atoms with van der Waals surface area (Å²) in [6, 6.07) is 3.75. The predicted octanol–water partition coefficient (Wildman–Crippen LogP) is 2.16. The third-order valence-corrected chi connectivity index (χ3v) is 3.55. The summed E-state index contributed by atoms with van der Waals surface area (Å²) >= 11 is 1.33. The fourth-order valence-corrected chi connectivity index (χ4v) is 2.45. The number of rotatable bonds is 6. The van der Waals surface area contributed by atoms with Gasteiger partial charge in [0.15, 0.2) is 6.29 Å². The number of carbonyl (C=O) groups is 1. The Bertz CT molecular complexity index is 510. The van der Waals surface area contributed by atoms with Crippen LogP contribution in [-0.2, 0) is 24.6 Å². The SMILES string of the molecule is O=Cc1scc(CO)c1COCc1ccncc1. The van der Waals surface area contributed by atoms with Crippen LogP contribution in [0.4, 0.5) is 0 Å². The summed E-state index contributed by atoms with van der Waals surface area (Å²) in [5.41, 5.74) is 2.57. The summed E-state index contributed by atoms with van der Waals surface area (Å²) in [5.74, 6) is 0. The first-order valence-electron chi connectivity index (χ1n) is 5.47. The van der Waals surface area contributed by atoms with Crippen LogP contribution in [0.25, 0.3) is 0 Å². The van der Waals surface area contributed by atoms with E-state index in [1.807, 2.05) is 12.1 Å². The van der Waals surface area contributed by atoms with Gasteiger partial charge in [0.2, 0.25) is 0 Å². The highest BCUT2D eigenvalue weighted by molar-refractivity contribution is 7.12. The van der Waals surface area contributed by atoms with E-state index in [1.54, 1.807) is 17.8 Å². The second-order valence-corrected chi connectivity index (χ2v) is 4.64. The molecule has 0 aliphatic carbocycles. The predicted molar refractivity (Wildman–Crippen MR) is 68.4 cm³/mol. The number of aliphatic hydroxyl groups is 1. The minimum absolute atomic E-state index is 0.0711. The molecule has 0 saturated carbocycles. The van der Waals surface area contributed by atoms with E-state index >= 15 is 0 Å². The molecule has 2 aromatic heterocycles. The molecule has 0 radical (unpaired) electrons. The maximum Gasteiger partial charge on any atom is 0.160 e. The van der Waals surface area contributed by atoms with Crippen LogP contribution >= 0.6 is 11.3 Å². The number of carbonyl (C=O) groups excluding carboxylic acids is 1. The van der Waals surface area contributed by atoms with Crippen molar-refractivity contribution in [3.8, 4) is 0 Å². The minimum Gasteiger partial charge on any atom is -0.392 e. The van der Waals surface area contributed by atoms with E-state index in [0.717, 1.165) is 23.0 Å². The number of nitrogens with zero attached hydrogens (tertiary/aromatic N) is 1. The normalized spacial score (nSPS) is 10.5. The molecule has 4 nitrogen and oxygen atoms in total. The van der Waals surface area contributed by atoms with Crippen LogP contribution in [-0.4, -0.2) is 16.4 Å². The van der Waals surface area contributed by atoms with Crippen molar-refractivity contribution in [3.63, 3.8) is 0 Å². The molecule has 0 bridgehead atoms. The minimum atomic E-state index is -0.0711. The highest BCUT2D eigenvalue weighted by Gasteiger charge is 2.10. The van der Waals surface area contributed by atoms with Gasteiger partial charge in [0.05, 0.1) is 24.7 Å². The van der Waals surface area contributed by atoms with Gasteiger partial charge in [0.25, 0.3) is 0 Å². The van der Waals surface area contributed by atoms with Gasteiger partial charge in [-0.25, -0.2) is 0 Å². The molecule has 0 amide bonds. The van der Waals surface area contributed by atoms with Crippen LogP contribution in [0.3, 0.4) is 0 Å². The van der Waals surface area contributed by atoms with Gasteiger partial charge in [-0.1, -0.05) is 0 Å². The van der Waals surface area contributed by atoms with Crippen LogP contribution in [0.5, 0.6) is 0 Å². The lowest BCUT2D eigenvalue weighted by molar-refractivity contribution is 0.103. The van der Waals surface area contributed by atoms with E-state index in [4.69, 9.17) is 4.74 Å². The highest BCUT2D eigenvalue weighted by atomic mass is 32.1. The Hall–Kier alpha value is -1.56. The summed E-state index contributed by atoms with van der Waals surface area (Å²) < 4.78 is 5.56. The van der Waals surface area contributed by atoms with Gasteiger partial charge >= 0.3 is 0 Å². The molecule has 0 atom stereocenters. The highest BCUT2D eigenvalue weighted by Crippen LogP contribution is 2.22. The van der Waals surface area contributed by atoms with Gasteiger partial charge in [-0.3, -0.25) is 9.78 Å².